The molecule has 2 rings (SSSR count). The number of hydrogen-bond donors (Lipinski definition) is 0. The Labute approximate surface area is 169 Å². The molecule has 0 spiro atoms. The minimum atomic E-state index is -5.77. The van der Waals surface area contributed by atoms with Crippen LogP contribution in [0.5, 0.6) is 11.6 Å². The average molecular weight is 455 g/mol. The van der Waals surface area contributed by atoms with Crippen LogP contribution in [0.25, 0.3) is 11.4 Å². The fourth-order valence-electron chi connectivity index (χ4n) is 2.11. The van der Waals surface area contributed by atoms with Crippen molar-refractivity contribution in [2.24, 2.45) is 0 Å². The molecule has 0 aromatic carbocycles. The van der Waals surface area contributed by atoms with Crippen LogP contribution in [0.15, 0.2) is 29.6 Å². The highest BCUT2D eigenvalue weighted by molar-refractivity contribution is 7.91. The molecule has 0 N–H and O–H groups in total. The summed E-state index contributed by atoms with van der Waals surface area (Å²) < 4.78 is 97.1. The van der Waals surface area contributed by atoms with Crippen LogP contribution < -0.4 is 9.47 Å². The molecular formula is C17H18F5N3O4S. The molecule has 0 fully saturated rings. The van der Waals surface area contributed by atoms with E-state index >= 15 is 0 Å². The Morgan fingerprint density at radius 2 is 1.70 bits per heavy atom. The van der Waals surface area contributed by atoms with Crippen molar-refractivity contribution in [3.63, 3.8) is 0 Å². The molecule has 0 atom stereocenters. The van der Waals surface area contributed by atoms with Crippen LogP contribution in [0.1, 0.15) is 20.8 Å². The summed E-state index contributed by atoms with van der Waals surface area (Å²) in [5.41, 5.74) is -0.124. The summed E-state index contributed by atoms with van der Waals surface area (Å²) in [6.45, 7) is 2.95. The molecule has 0 unspecified atom stereocenters. The summed E-state index contributed by atoms with van der Waals surface area (Å²) >= 11 is 0. The van der Waals surface area contributed by atoms with E-state index in [0.29, 0.717) is 0 Å². The first-order valence-corrected chi connectivity index (χ1v) is 10.2. The number of nitrogens with zero attached hydrogens (tertiary/aromatic N) is 3. The monoisotopic (exact) mass is 455 g/mol. The number of aromatic nitrogens is 3. The van der Waals surface area contributed by atoms with E-state index in [0.717, 1.165) is 12.4 Å². The van der Waals surface area contributed by atoms with E-state index in [4.69, 9.17) is 4.74 Å². The third kappa shape index (κ3) is 5.52. The third-order valence-electron chi connectivity index (χ3n) is 3.60. The molecule has 30 heavy (non-hydrogen) atoms. The van der Waals surface area contributed by atoms with Crippen LogP contribution in [-0.2, 0) is 9.84 Å². The van der Waals surface area contributed by atoms with Crippen molar-refractivity contribution in [1.82, 2.24) is 15.0 Å². The van der Waals surface area contributed by atoms with Gasteiger partial charge in [-0.25, -0.2) is 23.4 Å². The summed E-state index contributed by atoms with van der Waals surface area (Å²) in [4.78, 5) is 11.3. The quantitative estimate of drug-likeness (QED) is 0.561. The summed E-state index contributed by atoms with van der Waals surface area (Å²) in [6, 6.07) is 1.27. The van der Waals surface area contributed by atoms with Gasteiger partial charge in [0.15, 0.2) is 16.4 Å². The fraction of sp³-hybridized carbons (Fsp3) is 0.471. The Kier molecular flexibility index (Phi) is 6.84. The Morgan fingerprint density at radius 3 is 2.20 bits per heavy atom. The molecule has 2 aromatic heterocycles. The van der Waals surface area contributed by atoms with Crippen molar-refractivity contribution >= 4 is 9.84 Å². The van der Waals surface area contributed by atoms with Gasteiger partial charge in [-0.2, -0.15) is 22.0 Å². The number of ether oxygens (including phenoxy) is 2. The van der Waals surface area contributed by atoms with E-state index in [9.17, 15) is 30.4 Å². The van der Waals surface area contributed by atoms with Crippen LogP contribution in [0.2, 0.25) is 0 Å². The van der Waals surface area contributed by atoms with Gasteiger partial charge in [0, 0.05) is 6.07 Å². The SMILES string of the molecule is CCS(=O)(=O)c1cc(OC(C)C)cnc1-c1cnc(OCC(F)(F)C(F)(F)F)cn1. The zero-order valence-corrected chi connectivity index (χ0v) is 16.9. The topological polar surface area (TPSA) is 91.3 Å². The summed E-state index contributed by atoms with van der Waals surface area (Å²) in [6.07, 6.45) is -2.97. The van der Waals surface area contributed by atoms with E-state index in [1.54, 1.807) is 13.8 Å². The first kappa shape index (κ1) is 23.7. The normalized spacial score (nSPS) is 12.8. The predicted octanol–water partition coefficient (Wildman–Crippen LogP) is 3.70. The van der Waals surface area contributed by atoms with Crippen LogP contribution in [-0.4, -0.2) is 53.9 Å². The van der Waals surface area contributed by atoms with Crippen molar-refractivity contribution < 1.29 is 39.8 Å². The Hall–Kier alpha value is -2.57. The molecule has 0 aliphatic rings. The number of alkyl halides is 5. The predicted molar refractivity (Wildman–Crippen MR) is 95.3 cm³/mol. The van der Waals surface area contributed by atoms with Gasteiger partial charge in [0.25, 0.3) is 0 Å². The van der Waals surface area contributed by atoms with E-state index in [1.165, 1.54) is 19.2 Å². The second-order valence-corrected chi connectivity index (χ2v) is 8.57. The average Bonchev–Trinajstić information content (AvgIpc) is 2.65. The van der Waals surface area contributed by atoms with Crippen LogP contribution >= 0.6 is 0 Å². The minimum absolute atomic E-state index is 0.0481. The Balaban J connectivity index is 2.33. The molecule has 0 radical (unpaired) electrons. The Morgan fingerprint density at radius 1 is 1.03 bits per heavy atom. The van der Waals surface area contributed by atoms with Crippen molar-refractivity contribution in [3.05, 3.63) is 24.7 Å². The van der Waals surface area contributed by atoms with Crippen LogP contribution in [0.3, 0.4) is 0 Å². The maximum Gasteiger partial charge on any atom is 0.456 e. The van der Waals surface area contributed by atoms with Gasteiger partial charge in [0.05, 0.1) is 35.3 Å². The van der Waals surface area contributed by atoms with Crippen molar-refractivity contribution in [1.29, 1.82) is 0 Å². The van der Waals surface area contributed by atoms with Gasteiger partial charge in [-0.15, -0.1) is 0 Å². The molecule has 0 saturated heterocycles. The van der Waals surface area contributed by atoms with E-state index < -0.39 is 34.4 Å². The van der Waals surface area contributed by atoms with Crippen LogP contribution in [0.4, 0.5) is 22.0 Å². The lowest BCUT2D eigenvalue weighted by Gasteiger charge is -2.19. The zero-order chi connectivity index (χ0) is 22.7. The number of halogens is 5. The summed E-state index contributed by atoms with van der Waals surface area (Å²) in [7, 11) is -3.76. The van der Waals surface area contributed by atoms with Gasteiger partial charge in [-0.05, 0) is 13.8 Å². The number of sulfone groups is 1. The third-order valence-corrected chi connectivity index (χ3v) is 5.34. The lowest BCUT2D eigenvalue weighted by Crippen LogP contribution is -2.41. The molecule has 2 heterocycles. The highest BCUT2D eigenvalue weighted by Crippen LogP contribution is 2.35. The molecule has 0 bridgehead atoms. The first-order valence-electron chi connectivity index (χ1n) is 8.56. The number of hydrogen-bond acceptors (Lipinski definition) is 7. The maximum absolute atomic E-state index is 12.9. The van der Waals surface area contributed by atoms with Gasteiger partial charge in [-0.1, -0.05) is 6.92 Å². The van der Waals surface area contributed by atoms with E-state index in [2.05, 4.69) is 19.7 Å². The lowest BCUT2D eigenvalue weighted by molar-refractivity contribution is -0.290. The molecule has 7 nitrogen and oxygen atoms in total. The second kappa shape index (κ2) is 8.66. The van der Waals surface area contributed by atoms with Gasteiger partial charge in [0.1, 0.15) is 17.1 Å². The standard InChI is InChI=1S/C17H18F5N3O4S/c1-4-30(26,27)13-5-11(29-10(2)3)6-25-15(13)12-7-24-14(8-23-12)28-9-16(18,19)17(20,21)22/h5-8,10H,4,9H2,1-3H3. The van der Waals surface area contributed by atoms with Gasteiger partial charge in [0.2, 0.25) is 5.88 Å². The van der Waals surface area contributed by atoms with Gasteiger partial charge in [-0.3, -0.25) is 0 Å². The lowest BCUT2D eigenvalue weighted by atomic mass is 10.2. The Bertz CT molecular complexity index is 980. The maximum atomic E-state index is 12.9. The fourth-order valence-corrected chi connectivity index (χ4v) is 3.17. The van der Waals surface area contributed by atoms with Crippen LogP contribution in [0, 0.1) is 0 Å². The number of pyridine rings is 1. The highest BCUT2D eigenvalue weighted by Gasteiger charge is 2.58. The largest absolute Gasteiger partial charge is 0.489 e. The van der Waals surface area contributed by atoms with Crippen molar-refractivity contribution in [2.45, 2.75) is 43.9 Å². The van der Waals surface area contributed by atoms with E-state index in [1.807, 2.05) is 0 Å². The molecule has 0 amide bonds. The highest BCUT2D eigenvalue weighted by atomic mass is 32.2. The molecule has 0 aliphatic carbocycles. The smallest absolute Gasteiger partial charge is 0.456 e. The van der Waals surface area contributed by atoms with Crippen molar-refractivity contribution in [2.75, 3.05) is 12.4 Å². The summed E-state index contributed by atoms with van der Waals surface area (Å²) in [5.74, 6) is -5.69. The zero-order valence-electron chi connectivity index (χ0n) is 16.1. The molecule has 2 aromatic rings. The van der Waals surface area contributed by atoms with Gasteiger partial charge < -0.3 is 9.47 Å². The molecule has 0 saturated carbocycles. The molecule has 0 aliphatic heterocycles. The van der Waals surface area contributed by atoms with Gasteiger partial charge >= 0.3 is 12.1 Å². The molecule has 166 valence electrons. The molecular weight excluding hydrogens is 437 g/mol. The summed E-state index contributed by atoms with van der Waals surface area (Å²) in [5, 5.41) is 0. The first-order chi connectivity index (χ1) is 13.8. The number of rotatable bonds is 8. The van der Waals surface area contributed by atoms with E-state index in [-0.39, 0.29) is 33.9 Å². The van der Waals surface area contributed by atoms with Crippen molar-refractivity contribution in [3.8, 4) is 23.0 Å². The second-order valence-electron chi connectivity index (χ2n) is 6.32. The minimum Gasteiger partial charge on any atom is -0.489 e. The molecule has 13 heteroatoms.